The Balaban J connectivity index is 4.65. The van der Waals surface area contributed by atoms with Gasteiger partial charge in [-0.25, -0.2) is 0 Å². The lowest BCUT2D eigenvalue weighted by Crippen LogP contribution is -1.79. The number of ether oxygens (including phenoxy) is 1. The Kier molecular flexibility index (Phi) is 4.12. The summed E-state index contributed by atoms with van der Waals surface area (Å²) in [6.07, 6.45) is 0. The topological polar surface area (TPSA) is 26.3 Å². The van der Waals surface area contributed by atoms with Gasteiger partial charge in [0.05, 0.1) is 12.4 Å². The molecule has 0 saturated heterocycles. The molecule has 0 heterocycles. The summed E-state index contributed by atoms with van der Waals surface area (Å²) in [5, 5.41) is 0.147. The molecule has 0 atom stereocenters. The largest absolute Gasteiger partial charge is 0.486 e. The van der Waals surface area contributed by atoms with Crippen molar-refractivity contribution < 1.29 is 9.30 Å². The van der Waals surface area contributed by atoms with E-state index < -0.39 is 5.85 Å². The molecule has 0 unspecified atom stereocenters. The molecule has 6 heteroatoms. The fourth-order valence-corrected chi connectivity index (χ4v) is 1.62. The first-order valence-corrected chi connectivity index (χ1v) is 6.19. The number of hydrogen-bond acceptors (Lipinski definition) is 2. The summed E-state index contributed by atoms with van der Waals surface area (Å²) in [5.41, 5.74) is 0. The van der Waals surface area contributed by atoms with Gasteiger partial charge in [-0.15, -0.1) is 0 Å². The molecule has 0 aromatic carbocycles. The molecular formula is C4H6Cl3O2P. The molecule has 60 valence electrons. The minimum Gasteiger partial charge on any atom is -0.486 e. The monoisotopic (exact) mass is 222 g/mol. The van der Waals surface area contributed by atoms with Crippen molar-refractivity contribution in [1.82, 2.24) is 0 Å². The van der Waals surface area contributed by atoms with Gasteiger partial charge in [0.1, 0.15) is 0 Å². The fraction of sp³-hybridized carbons (Fsp3) is 0.500. The lowest BCUT2D eigenvalue weighted by molar-refractivity contribution is 0.319. The van der Waals surface area contributed by atoms with Crippen LogP contribution in [0.3, 0.4) is 0 Å². The zero-order chi connectivity index (χ0) is 8.36. The maximum absolute atomic E-state index is 10.8. The third-order valence-electron chi connectivity index (χ3n) is 0.854. The molecule has 10 heavy (non-hydrogen) atoms. The third kappa shape index (κ3) is 3.16. The second kappa shape index (κ2) is 3.87. The van der Waals surface area contributed by atoms with Crippen LogP contribution in [0.25, 0.3) is 0 Å². The molecule has 0 rings (SSSR count). The van der Waals surface area contributed by atoms with Crippen molar-refractivity contribution in [3.63, 3.8) is 0 Å². The van der Waals surface area contributed by atoms with Crippen molar-refractivity contribution in [2.75, 3.05) is 7.11 Å². The van der Waals surface area contributed by atoms with E-state index in [9.17, 15) is 4.57 Å². The maximum Gasteiger partial charge on any atom is 0.282 e. The molecule has 0 aliphatic heterocycles. The van der Waals surface area contributed by atoms with E-state index >= 15 is 0 Å². The Morgan fingerprint density at radius 1 is 1.50 bits per heavy atom. The van der Waals surface area contributed by atoms with Crippen molar-refractivity contribution in [3.05, 3.63) is 10.5 Å². The second-order valence-electron chi connectivity index (χ2n) is 1.53. The van der Waals surface area contributed by atoms with Crippen LogP contribution >= 0.6 is 39.9 Å². The SMILES string of the molecule is CO/C(Cl)=C(/C)P(=O)(Cl)Cl. The first-order chi connectivity index (χ1) is 4.39. The molecule has 0 fully saturated rings. The van der Waals surface area contributed by atoms with Gasteiger partial charge < -0.3 is 4.74 Å². The summed E-state index contributed by atoms with van der Waals surface area (Å²) < 4.78 is 15.4. The average Bonchev–Trinajstić information content (AvgIpc) is 1.83. The number of hydrogen-bond donors (Lipinski definition) is 0. The van der Waals surface area contributed by atoms with E-state index in [1.165, 1.54) is 14.0 Å². The highest BCUT2D eigenvalue weighted by Crippen LogP contribution is 2.64. The predicted molar refractivity (Wildman–Crippen MR) is 44.9 cm³/mol. The fourth-order valence-electron chi connectivity index (χ4n) is 0.250. The van der Waals surface area contributed by atoms with Crippen molar-refractivity contribution in [3.8, 4) is 0 Å². The molecule has 0 amide bonds. The van der Waals surface area contributed by atoms with E-state index in [4.69, 9.17) is 34.1 Å². The van der Waals surface area contributed by atoms with Gasteiger partial charge in [0.15, 0.2) is 5.22 Å². The van der Waals surface area contributed by atoms with E-state index in [0.717, 1.165) is 0 Å². The number of allylic oxidation sites excluding steroid dienone is 1. The molecule has 0 aromatic heterocycles. The van der Waals surface area contributed by atoms with Crippen LogP contribution < -0.4 is 0 Å². The molecule has 0 spiro atoms. The van der Waals surface area contributed by atoms with Gasteiger partial charge in [-0.05, 0) is 41.0 Å². The van der Waals surface area contributed by atoms with E-state index in [2.05, 4.69) is 4.74 Å². The maximum atomic E-state index is 10.8. The molecule has 0 saturated carbocycles. The first kappa shape index (κ1) is 10.6. The van der Waals surface area contributed by atoms with Crippen LogP contribution in [0.15, 0.2) is 10.5 Å². The summed E-state index contributed by atoms with van der Waals surface area (Å²) in [6.45, 7) is 1.45. The van der Waals surface area contributed by atoms with Crippen LogP contribution in [-0.4, -0.2) is 7.11 Å². The molecule has 0 aromatic rings. The van der Waals surface area contributed by atoms with Crippen LogP contribution in [0, 0.1) is 0 Å². The van der Waals surface area contributed by atoms with Crippen LogP contribution in [-0.2, 0) is 9.30 Å². The standard InChI is InChI=1S/C4H6Cl3O2P/c1-3(4(5)9-2)10(6,7)8/h1-2H3/b4-3-. The quantitative estimate of drug-likeness (QED) is 0.527. The lowest BCUT2D eigenvalue weighted by atomic mass is 10.7. The zero-order valence-electron chi connectivity index (χ0n) is 5.40. The van der Waals surface area contributed by atoms with E-state index in [1.807, 2.05) is 0 Å². The van der Waals surface area contributed by atoms with E-state index in [1.54, 1.807) is 0 Å². The summed E-state index contributed by atoms with van der Waals surface area (Å²) in [6, 6.07) is 0. The third-order valence-corrected chi connectivity index (χ3v) is 3.93. The minimum absolute atomic E-state index is 0.0201. The Morgan fingerprint density at radius 3 is 2.00 bits per heavy atom. The van der Waals surface area contributed by atoms with Crippen LogP contribution in [0.1, 0.15) is 6.92 Å². The van der Waals surface area contributed by atoms with Crippen LogP contribution in [0.4, 0.5) is 0 Å². The second-order valence-corrected chi connectivity index (χ2v) is 6.84. The lowest BCUT2D eigenvalue weighted by Gasteiger charge is -2.03. The van der Waals surface area contributed by atoms with Crippen LogP contribution in [0.2, 0.25) is 0 Å². The van der Waals surface area contributed by atoms with E-state index in [0.29, 0.717) is 0 Å². The summed E-state index contributed by atoms with van der Waals surface area (Å²) in [4.78, 5) is 0. The van der Waals surface area contributed by atoms with Gasteiger partial charge in [-0.3, -0.25) is 4.57 Å². The van der Waals surface area contributed by atoms with Crippen molar-refractivity contribution in [1.29, 1.82) is 0 Å². The van der Waals surface area contributed by atoms with E-state index in [-0.39, 0.29) is 10.5 Å². The van der Waals surface area contributed by atoms with Crippen molar-refractivity contribution in [2.24, 2.45) is 0 Å². The highest BCUT2D eigenvalue weighted by molar-refractivity contribution is 8.11. The normalized spacial score (nSPS) is 14.5. The van der Waals surface area contributed by atoms with Gasteiger partial charge in [0.25, 0.3) is 5.85 Å². The molecule has 0 radical (unpaired) electrons. The van der Waals surface area contributed by atoms with Crippen LogP contribution in [0.5, 0.6) is 0 Å². The van der Waals surface area contributed by atoms with Crippen molar-refractivity contribution in [2.45, 2.75) is 6.92 Å². The summed E-state index contributed by atoms with van der Waals surface area (Å²) in [5.74, 6) is -3.26. The minimum atomic E-state index is -3.26. The van der Waals surface area contributed by atoms with Gasteiger partial charge in [-0.2, -0.15) is 0 Å². The average molecular weight is 223 g/mol. The molecular weight excluding hydrogens is 217 g/mol. The Morgan fingerprint density at radius 2 is 1.90 bits per heavy atom. The molecule has 0 aliphatic carbocycles. The smallest absolute Gasteiger partial charge is 0.282 e. The number of rotatable bonds is 2. The Labute approximate surface area is 74.0 Å². The van der Waals surface area contributed by atoms with Crippen molar-refractivity contribution >= 4 is 39.9 Å². The van der Waals surface area contributed by atoms with Gasteiger partial charge >= 0.3 is 0 Å². The van der Waals surface area contributed by atoms with Gasteiger partial charge in [0, 0.05) is 0 Å². The first-order valence-electron chi connectivity index (χ1n) is 2.30. The zero-order valence-corrected chi connectivity index (χ0v) is 8.56. The number of halogens is 3. The Bertz CT molecular complexity index is 195. The number of methoxy groups -OCH3 is 1. The molecule has 0 N–H and O–H groups in total. The molecule has 0 bridgehead atoms. The summed E-state index contributed by atoms with van der Waals surface area (Å²) >= 11 is 15.9. The molecule has 2 nitrogen and oxygen atoms in total. The summed E-state index contributed by atoms with van der Waals surface area (Å²) in [7, 11) is 1.34. The Hall–Kier alpha value is 0.640. The highest BCUT2D eigenvalue weighted by Gasteiger charge is 2.20. The van der Waals surface area contributed by atoms with Gasteiger partial charge in [-0.1, -0.05) is 0 Å². The predicted octanol–water partition coefficient (Wildman–Crippen LogP) is 3.73. The van der Waals surface area contributed by atoms with Gasteiger partial charge in [0.2, 0.25) is 0 Å². The highest BCUT2D eigenvalue weighted by atomic mass is 35.9. The molecule has 0 aliphatic rings.